The Kier molecular flexibility index (Phi) is 10.6. The van der Waals surface area contributed by atoms with E-state index in [4.69, 9.17) is 9.47 Å². The molecular weight excluding hydrogens is 368 g/mol. The molecule has 0 fully saturated rings. The van der Waals surface area contributed by atoms with Crippen molar-refractivity contribution in [2.24, 2.45) is 0 Å². The lowest BCUT2D eigenvalue weighted by atomic mass is 10.0. The van der Waals surface area contributed by atoms with Gasteiger partial charge in [-0.3, -0.25) is 9.59 Å². The molecule has 1 aromatic carbocycles. The molecule has 1 aliphatic heterocycles. The van der Waals surface area contributed by atoms with Crippen molar-refractivity contribution in [3.05, 3.63) is 23.8 Å². The van der Waals surface area contributed by atoms with Crippen LogP contribution < -0.4 is 20.1 Å². The fraction of sp³-hybridized carbons (Fsp3) is 0.652. The number of Topliss-reactive ketones (excluding diaryl/α,β-unsaturated/α-hetero) is 1. The van der Waals surface area contributed by atoms with Gasteiger partial charge in [0, 0.05) is 18.5 Å². The SMILES string of the molecule is CCCCCCCC(=O)N[C@H](CNCCCC)C(=O)c1ccc2c(c1)OCCO2. The number of ether oxygens (including phenoxy) is 2. The third kappa shape index (κ3) is 8.05. The van der Waals surface area contributed by atoms with Gasteiger partial charge in [0.2, 0.25) is 5.91 Å². The largest absolute Gasteiger partial charge is 0.486 e. The number of hydrogen-bond acceptors (Lipinski definition) is 5. The Bertz CT molecular complexity index is 648. The third-order valence-corrected chi connectivity index (χ3v) is 5.04. The molecule has 162 valence electrons. The van der Waals surface area contributed by atoms with E-state index in [0.29, 0.717) is 43.2 Å². The molecule has 1 aromatic rings. The Morgan fingerprint density at radius 1 is 0.966 bits per heavy atom. The second kappa shape index (κ2) is 13.2. The maximum absolute atomic E-state index is 13.1. The zero-order valence-electron chi connectivity index (χ0n) is 17.9. The second-order valence-electron chi connectivity index (χ2n) is 7.56. The Morgan fingerprint density at radius 2 is 1.69 bits per heavy atom. The fourth-order valence-corrected chi connectivity index (χ4v) is 3.31. The molecule has 1 atom stereocenters. The van der Waals surface area contributed by atoms with Crippen molar-refractivity contribution >= 4 is 11.7 Å². The molecule has 6 nitrogen and oxygen atoms in total. The summed E-state index contributed by atoms with van der Waals surface area (Å²) in [6, 6.07) is 4.63. The normalized spacial score (nSPS) is 13.7. The van der Waals surface area contributed by atoms with Crippen LogP contribution in [0.1, 0.15) is 75.6 Å². The first-order valence-corrected chi connectivity index (χ1v) is 11.1. The number of ketones is 1. The van der Waals surface area contributed by atoms with Crippen molar-refractivity contribution in [1.82, 2.24) is 10.6 Å². The highest BCUT2D eigenvalue weighted by molar-refractivity contribution is 6.02. The monoisotopic (exact) mass is 404 g/mol. The van der Waals surface area contributed by atoms with Gasteiger partial charge in [-0.15, -0.1) is 0 Å². The summed E-state index contributed by atoms with van der Waals surface area (Å²) in [4.78, 5) is 25.5. The molecule has 0 radical (unpaired) electrons. The smallest absolute Gasteiger partial charge is 0.220 e. The summed E-state index contributed by atoms with van der Waals surface area (Å²) in [7, 11) is 0. The standard InChI is InChI=1S/C23H36N2O4/c1-3-5-7-8-9-10-22(26)25-19(17-24-13-6-4-2)23(27)18-11-12-20-21(16-18)29-15-14-28-20/h11-12,16,19,24H,3-10,13-15,17H2,1-2H3,(H,25,26)/t19-/m1/s1. The lowest BCUT2D eigenvalue weighted by molar-refractivity contribution is -0.121. The lowest BCUT2D eigenvalue weighted by Crippen LogP contribution is -2.47. The predicted molar refractivity (Wildman–Crippen MR) is 115 cm³/mol. The van der Waals surface area contributed by atoms with E-state index in [1.807, 2.05) is 0 Å². The quantitative estimate of drug-likeness (QED) is 0.364. The van der Waals surface area contributed by atoms with Gasteiger partial charge in [-0.1, -0.05) is 46.0 Å². The highest BCUT2D eigenvalue weighted by Gasteiger charge is 2.23. The molecule has 0 saturated heterocycles. The molecule has 0 aromatic heterocycles. The van der Waals surface area contributed by atoms with Crippen molar-refractivity contribution < 1.29 is 19.1 Å². The van der Waals surface area contributed by atoms with E-state index in [2.05, 4.69) is 24.5 Å². The molecule has 0 saturated carbocycles. The van der Waals surface area contributed by atoms with Gasteiger partial charge in [-0.05, 0) is 37.6 Å². The first kappa shape index (κ1) is 23.2. The topological polar surface area (TPSA) is 76.7 Å². The van der Waals surface area contributed by atoms with E-state index in [-0.39, 0.29) is 11.7 Å². The van der Waals surface area contributed by atoms with Crippen LogP contribution in [0.3, 0.4) is 0 Å². The van der Waals surface area contributed by atoms with Crippen LogP contribution in [0.2, 0.25) is 0 Å². The maximum atomic E-state index is 13.1. The van der Waals surface area contributed by atoms with Crippen molar-refractivity contribution in [2.75, 3.05) is 26.3 Å². The van der Waals surface area contributed by atoms with E-state index in [1.54, 1.807) is 18.2 Å². The summed E-state index contributed by atoms with van der Waals surface area (Å²) in [5.74, 6) is 1.07. The van der Waals surface area contributed by atoms with Crippen LogP contribution in [-0.4, -0.2) is 44.0 Å². The highest BCUT2D eigenvalue weighted by atomic mass is 16.6. The van der Waals surface area contributed by atoms with E-state index < -0.39 is 6.04 Å². The van der Waals surface area contributed by atoms with Crippen molar-refractivity contribution in [3.8, 4) is 11.5 Å². The van der Waals surface area contributed by atoms with Crippen LogP contribution in [0, 0.1) is 0 Å². The van der Waals surface area contributed by atoms with E-state index in [9.17, 15) is 9.59 Å². The summed E-state index contributed by atoms with van der Waals surface area (Å²) in [6.45, 7) is 6.54. The van der Waals surface area contributed by atoms with Crippen LogP contribution in [0.5, 0.6) is 11.5 Å². The zero-order chi connectivity index (χ0) is 20.9. The number of amides is 1. The summed E-state index contributed by atoms with van der Waals surface area (Å²) in [5, 5.41) is 6.24. The number of fused-ring (bicyclic) bond motifs is 1. The molecule has 29 heavy (non-hydrogen) atoms. The summed E-state index contributed by atoms with van der Waals surface area (Å²) in [6.07, 6.45) is 8.03. The molecular formula is C23H36N2O4. The Balaban J connectivity index is 1.96. The van der Waals surface area contributed by atoms with Gasteiger partial charge in [0.1, 0.15) is 19.3 Å². The van der Waals surface area contributed by atoms with E-state index in [0.717, 1.165) is 38.6 Å². The van der Waals surface area contributed by atoms with Gasteiger partial charge in [0.05, 0.1) is 0 Å². The number of hydrogen-bond donors (Lipinski definition) is 2. The molecule has 0 bridgehead atoms. The van der Waals surface area contributed by atoms with Gasteiger partial charge in [0.25, 0.3) is 0 Å². The summed E-state index contributed by atoms with van der Waals surface area (Å²) >= 11 is 0. The predicted octanol–water partition coefficient (Wildman–Crippen LogP) is 3.88. The van der Waals surface area contributed by atoms with Gasteiger partial charge in [0.15, 0.2) is 17.3 Å². The van der Waals surface area contributed by atoms with Crippen LogP contribution in [-0.2, 0) is 4.79 Å². The average molecular weight is 405 g/mol. The van der Waals surface area contributed by atoms with Gasteiger partial charge < -0.3 is 20.1 Å². The maximum Gasteiger partial charge on any atom is 0.220 e. The first-order valence-electron chi connectivity index (χ1n) is 11.1. The minimum Gasteiger partial charge on any atom is -0.486 e. The van der Waals surface area contributed by atoms with Crippen molar-refractivity contribution in [1.29, 1.82) is 0 Å². The molecule has 2 N–H and O–H groups in total. The number of nitrogens with one attached hydrogen (secondary N) is 2. The Morgan fingerprint density at radius 3 is 2.45 bits per heavy atom. The Hall–Kier alpha value is -2.08. The van der Waals surface area contributed by atoms with Gasteiger partial charge in [-0.2, -0.15) is 0 Å². The zero-order valence-corrected chi connectivity index (χ0v) is 17.9. The van der Waals surface area contributed by atoms with Crippen LogP contribution in [0.15, 0.2) is 18.2 Å². The van der Waals surface area contributed by atoms with Gasteiger partial charge in [-0.25, -0.2) is 0 Å². The van der Waals surface area contributed by atoms with Crippen LogP contribution in [0.4, 0.5) is 0 Å². The molecule has 6 heteroatoms. The van der Waals surface area contributed by atoms with Crippen molar-refractivity contribution in [2.45, 2.75) is 71.3 Å². The number of benzene rings is 1. The minimum absolute atomic E-state index is 0.0605. The Labute approximate surface area is 174 Å². The number of carbonyl (C=O) groups excluding carboxylic acids is 2. The number of rotatable bonds is 14. The minimum atomic E-state index is -0.586. The summed E-state index contributed by atoms with van der Waals surface area (Å²) < 4.78 is 11.1. The number of unbranched alkanes of at least 4 members (excludes halogenated alkanes) is 5. The van der Waals surface area contributed by atoms with E-state index >= 15 is 0 Å². The lowest BCUT2D eigenvalue weighted by Gasteiger charge is -2.21. The van der Waals surface area contributed by atoms with E-state index in [1.165, 1.54) is 12.8 Å². The highest BCUT2D eigenvalue weighted by Crippen LogP contribution is 2.31. The molecule has 1 aliphatic rings. The fourth-order valence-electron chi connectivity index (χ4n) is 3.31. The van der Waals surface area contributed by atoms with Crippen LogP contribution >= 0.6 is 0 Å². The number of carbonyl (C=O) groups is 2. The summed E-state index contributed by atoms with van der Waals surface area (Å²) in [5.41, 5.74) is 0.528. The third-order valence-electron chi connectivity index (χ3n) is 5.04. The van der Waals surface area contributed by atoms with Crippen LogP contribution in [0.25, 0.3) is 0 Å². The molecule has 0 aliphatic carbocycles. The molecule has 2 rings (SSSR count). The molecule has 1 amide bonds. The van der Waals surface area contributed by atoms with Gasteiger partial charge >= 0.3 is 0 Å². The second-order valence-corrected chi connectivity index (χ2v) is 7.56. The average Bonchev–Trinajstić information content (AvgIpc) is 2.75. The molecule has 0 spiro atoms. The van der Waals surface area contributed by atoms with Crippen molar-refractivity contribution in [3.63, 3.8) is 0 Å². The first-order chi connectivity index (χ1) is 14.2. The molecule has 0 unspecified atom stereocenters. The molecule has 1 heterocycles.